The summed E-state index contributed by atoms with van der Waals surface area (Å²) in [6.45, 7) is 3.41. The maximum absolute atomic E-state index is 16.7. The van der Waals surface area contributed by atoms with Gasteiger partial charge in [-0.3, -0.25) is 9.88 Å². The zero-order valence-corrected chi connectivity index (χ0v) is 25.4. The highest BCUT2D eigenvalue weighted by Crippen LogP contribution is 2.41. The summed E-state index contributed by atoms with van der Waals surface area (Å²) in [5, 5.41) is 22.8. The molecule has 0 radical (unpaired) electrons. The molecule has 2 aliphatic rings. The predicted molar refractivity (Wildman–Crippen MR) is 169 cm³/mol. The van der Waals surface area contributed by atoms with Crippen LogP contribution in [0.2, 0.25) is 0 Å². The summed E-state index contributed by atoms with van der Waals surface area (Å²) < 4.78 is 57.1. The van der Waals surface area contributed by atoms with Gasteiger partial charge in [-0.2, -0.15) is 9.97 Å². The second-order valence-electron chi connectivity index (χ2n) is 12.3. The monoisotopic (exact) mass is 641 g/mol. The minimum atomic E-state index is -0.938. The number of halogens is 3. The van der Waals surface area contributed by atoms with E-state index in [0.29, 0.717) is 52.1 Å². The Hall–Kier alpha value is -5.04. The van der Waals surface area contributed by atoms with Crippen LogP contribution in [0.5, 0.6) is 11.8 Å². The lowest BCUT2D eigenvalue weighted by molar-refractivity contribution is 0.107. The van der Waals surface area contributed by atoms with Crippen LogP contribution < -0.4 is 10.1 Å². The van der Waals surface area contributed by atoms with Gasteiger partial charge in [0, 0.05) is 31.3 Å². The fraction of sp³-hybridized carbons (Fsp3) is 0.324. The Morgan fingerprint density at radius 1 is 1.11 bits per heavy atom. The van der Waals surface area contributed by atoms with Crippen LogP contribution in [0.1, 0.15) is 37.3 Å². The number of hydrogen-bond acceptors (Lipinski definition) is 10. The van der Waals surface area contributed by atoms with E-state index in [1.54, 1.807) is 12.1 Å². The van der Waals surface area contributed by atoms with Crippen molar-refractivity contribution >= 4 is 38.5 Å². The summed E-state index contributed by atoms with van der Waals surface area (Å²) in [6, 6.07) is 11.2. The van der Waals surface area contributed by atoms with Crippen molar-refractivity contribution in [3.05, 3.63) is 71.4 Å². The average molecular weight is 642 g/mol. The number of aromatic hydroxyl groups is 1. The number of fused-ring (bicyclic) bond motifs is 4. The molecule has 5 heterocycles. The zero-order chi connectivity index (χ0) is 32.3. The Kier molecular flexibility index (Phi) is 7.08. The topological polar surface area (TPSA) is 122 Å². The van der Waals surface area contributed by atoms with Gasteiger partial charge in [-0.25, -0.2) is 17.8 Å². The summed E-state index contributed by atoms with van der Waals surface area (Å²) in [4.78, 5) is 15.7. The molecule has 0 amide bonds. The first-order valence-corrected chi connectivity index (χ1v) is 15.6. The molecule has 2 fully saturated rings. The van der Waals surface area contributed by atoms with Gasteiger partial charge < -0.3 is 15.2 Å². The van der Waals surface area contributed by atoms with Gasteiger partial charge >= 0.3 is 6.01 Å². The number of phenols is 1. The van der Waals surface area contributed by atoms with Crippen molar-refractivity contribution in [3.63, 3.8) is 0 Å². The van der Waals surface area contributed by atoms with Gasteiger partial charge in [0.2, 0.25) is 0 Å². The van der Waals surface area contributed by atoms with Crippen LogP contribution in [0.25, 0.3) is 44.0 Å². The van der Waals surface area contributed by atoms with E-state index in [0.717, 1.165) is 24.9 Å². The number of nitrogens with one attached hydrogen (secondary N) is 1. The van der Waals surface area contributed by atoms with Crippen LogP contribution in [0, 0.1) is 11.6 Å². The third-order valence-electron chi connectivity index (χ3n) is 9.43. The average Bonchev–Trinajstić information content (AvgIpc) is 3.77. The van der Waals surface area contributed by atoms with Crippen molar-refractivity contribution in [1.29, 1.82) is 0 Å². The summed E-state index contributed by atoms with van der Waals surface area (Å²) in [5.41, 5.74) is 2.03. The first-order valence-electron chi connectivity index (χ1n) is 15.6. The number of aryl methyl sites for hydroxylation is 1. The highest BCUT2D eigenvalue weighted by Gasteiger charge is 2.49. The first-order chi connectivity index (χ1) is 22.8. The van der Waals surface area contributed by atoms with E-state index in [9.17, 15) is 13.9 Å². The van der Waals surface area contributed by atoms with Crippen molar-refractivity contribution in [3.8, 4) is 23.0 Å². The highest BCUT2D eigenvalue weighted by atomic mass is 19.1. The highest BCUT2D eigenvalue weighted by molar-refractivity contribution is 6.01. The largest absolute Gasteiger partial charge is 0.508 e. The van der Waals surface area contributed by atoms with Crippen LogP contribution in [-0.4, -0.2) is 66.7 Å². The SMILES string of the molecule is CCc1c(F)ccc2cc(O)cc(-c3ncc4c(NCc5ccc6nonc6c5)nc(OC[C@@]56CCCN5C[C@H](F)C6)nc4c3F)c12. The molecule has 2 atom stereocenters. The second-order valence-corrected chi connectivity index (χ2v) is 12.3. The number of phenolic OH excluding ortho intramolecular Hbond substituents is 1. The van der Waals surface area contributed by atoms with Crippen LogP contribution in [0.3, 0.4) is 0 Å². The number of hydrogen-bond donors (Lipinski definition) is 2. The molecule has 0 aliphatic carbocycles. The fourth-order valence-corrected chi connectivity index (χ4v) is 7.23. The lowest BCUT2D eigenvalue weighted by Crippen LogP contribution is -2.43. The lowest BCUT2D eigenvalue weighted by Gasteiger charge is -2.30. The molecule has 0 spiro atoms. The summed E-state index contributed by atoms with van der Waals surface area (Å²) in [7, 11) is 0. The van der Waals surface area contributed by atoms with E-state index >= 15 is 4.39 Å². The Labute approximate surface area is 266 Å². The van der Waals surface area contributed by atoms with Crippen LogP contribution in [0.15, 0.2) is 53.3 Å². The van der Waals surface area contributed by atoms with E-state index in [-0.39, 0.29) is 47.5 Å². The minimum Gasteiger partial charge on any atom is -0.508 e. The molecule has 10 nitrogen and oxygen atoms in total. The van der Waals surface area contributed by atoms with E-state index in [1.165, 1.54) is 24.4 Å². The van der Waals surface area contributed by atoms with E-state index in [4.69, 9.17) is 9.37 Å². The Morgan fingerprint density at radius 2 is 1.98 bits per heavy atom. The third-order valence-corrected chi connectivity index (χ3v) is 9.43. The van der Waals surface area contributed by atoms with Gasteiger partial charge in [0.25, 0.3) is 0 Å². The summed E-state index contributed by atoms with van der Waals surface area (Å²) in [5.74, 6) is -1.05. The molecule has 2 saturated heterocycles. The van der Waals surface area contributed by atoms with E-state index < -0.39 is 23.3 Å². The number of benzene rings is 3. The van der Waals surface area contributed by atoms with Crippen molar-refractivity contribution < 1.29 is 27.6 Å². The number of ether oxygens (including phenoxy) is 1. The number of nitrogens with zero attached hydrogens (tertiary/aromatic N) is 6. The van der Waals surface area contributed by atoms with E-state index in [2.05, 4.69) is 35.5 Å². The number of pyridine rings is 1. The lowest BCUT2D eigenvalue weighted by atomic mass is 9.94. The number of alkyl halides is 1. The molecule has 0 unspecified atom stereocenters. The van der Waals surface area contributed by atoms with Gasteiger partial charge in [-0.15, -0.1) is 0 Å². The van der Waals surface area contributed by atoms with Crippen molar-refractivity contribution in [2.75, 3.05) is 25.0 Å². The van der Waals surface area contributed by atoms with Gasteiger partial charge in [-0.1, -0.05) is 19.1 Å². The zero-order valence-electron chi connectivity index (χ0n) is 25.4. The number of anilines is 1. The Morgan fingerprint density at radius 3 is 2.85 bits per heavy atom. The molecule has 0 bridgehead atoms. The molecule has 6 aromatic rings. The smallest absolute Gasteiger partial charge is 0.319 e. The molecule has 0 saturated carbocycles. The molecule has 3 aromatic carbocycles. The maximum atomic E-state index is 16.7. The quantitative estimate of drug-likeness (QED) is 0.191. The van der Waals surface area contributed by atoms with E-state index in [1.807, 2.05) is 19.1 Å². The standard InChI is InChI=1S/C34H30F3N7O3/c1-2-22-25(36)6-5-19-11-21(45)12-23(28(19)22)30-29(37)31-24(15-38-30)32(39-14-18-4-7-26-27(10-18)43-47-42-26)41-33(40-31)46-17-34-8-3-9-44(34)16-20(35)13-34/h4-7,10-12,15,20,45H,2-3,8-9,13-14,16-17H2,1H3,(H,39,40,41)/t20-,34+/m1/s1. The molecule has 13 heteroatoms. The summed E-state index contributed by atoms with van der Waals surface area (Å²) in [6.07, 6.45) is 2.94. The molecular formula is C34H30F3N7O3. The van der Waals surface area contributed by atoms with Crippen LogP contribution in [0.4, 0.5) is 19.0 Å². The van der Waals surface area contributed by atoms with Crippen molar-refractivity contribution in [2.24, 2.45) is 0 Å². The molecule has 47 heavy (non-hydrogen) atoms. The molecule has 2 N–H and O–H groups in total. The van der Waals surface area contributed by atoms with Gasteiger partial charge in [0.1, 0.15) is 52.4 Å². The van der Waals surface area contributed by atoms with Gasteiger partial charge in [0.05, 0.1) is 10.9 Å². The van der Waals surface area contributed by atoms with Crippen LogP contribution >= 0.6 is 0 Å². The number of aromatic nitrogens is 5. The number of rotatable bonds is 8. The minimum absolute atomic E-state index is 0.0693. The molecular weight excluding hydrogens is 611 g/mol. The molecule has 240 valence electrons. The third kappa shape index (κ3) is 5.05. The van der Waals surface area contributed by atoms with Gasteiger partial charge in [-0.05, 0) is 88.4 Å². The molecule has 8 rings (SSSR count). The van der Waals surface area contributed by atoms with Crippen molar-refractivity contribution in [1.82, 2.24) is 30.2 Å². The van der Waals surface area contributed by atoms with Crippen LogP contribution in [-0.2, 0) is 13.0 Å². The molecule has 2 aliphatic heterocycles. The van der Waals surface area contributed by atoms with Crippen molar-refractivity contribution in [2.45, 2.75) is 50.9 Å². The fourth-order valence-electron chi connectivity index (χ4n) is 7.23. The normalized spacial score (nSPS) is 19.6. The van der Waals surface area contributed by atoms with Gasteiger partial charge in [0.15, 0.2) is 5.82 Å². The Balaban J connectivity index is 1.23. The second kappa shape index (κ2) is 11.3. The maximum Gasteiger partial charge on any atom is 0.319 e. The predicted octanol–water partition coefficient (Wildman–Crippen LogP) is 6.49. The molecule has 3 aromatic heterocycles. The summed E-state index contributed by atoms with van der Waals surface area (Å²) >= 11 is 0. The first kappa shape index (κ1) is 29.4. The Bertz CT molecular complexity index is 2180.